The molecule has 20 heavy (non-hydrogen) atoms. The smallest absolute Gasteiger partial charge is 0.407 e. The second-order valence-electron chi connectivity index (χ2n) is 6.46. The van der Waals surface area contributed by atoms with Crippen molar-refractivity contribution in [3.63, 3.8) is 0 Å². The van der Waals surface area contributed by atoms with Crippen LogP contribution >= 0.6 is 0 Å². The maximum Gasteiger partial charge on any atom is 0.407 e. The van der Waals surface area contributed by atoms with Gasteiger partial charge in [-0.05, 0) is 57.3 Å². The molecule has 2 aliphatic carbocycles. The van der Waals surface area contributed by atoms with Gasteiger partial charge < -0.3 is 10.1 Å². The van der Waals surface area contributed by atoms with Crippen LogP contribution in [0.1, 0.15) is 71.1 Å². The summed E-state index contributed by atoms with van der Waals surface area (Å²) in [6.07, 6.45) is 15.5. The third-order valence-corrected chi connectivity index (χ3v) is 4.57. The Morgan fingerprint density at radius 2 is 1.85 bits per heavy atom. The van der Waals surface area contributed by atoms with E-state index in [4.69, 9.17) is 4.74 Å². The fraction of sp³-hybridized carbons (Fsp3) is 0.824. The van der Waals surface area contributed by atoms with E-state index in [1.54, 1.807) is 0 Å². The summed E-state index contributed by atoms with van der Waals surface area (Å²) in [5, 5.41) is 3.08. The van der Waals surface area contributed by atoms with Gasteiger partial charge in [0.05, 0.1) is 0 Å². The largest absolute Gasteiger partial charge is 0.446 e. The monoisotopic (exact) mass is 279 g/mol. The number of ether oxygens (including phenoxy) is 1. The number of hydrogen-bond acceptors (Lipinski definition) is 2. The van der Waals surface area contributed by atoms with Crippen molar-refractivity contribution in [1.82, 2.24) is 5.32 Å². The van der Waals surface area contributed by atoms with E-state index in [9.17, 15) is 4.79 Å². The van der Waals surface area contributed by atoms with Crippen molar-refractivity contribution in [2.75, 3.05) is 0 Å². The highest BCUT2D eigenvalue weighted by molar-refractivity contribution is 5.67. The molecule has 0 aromatic heterocycles. The highest BCUT2D eigenvalue weighted by atomic mass is 16.6. The summed E-state index contributed by atoms with van der Waals surface area (Å²) >= 11 is 0. The van der Waals surface area contributed by atoms with E-state index < -0.39 is 0 Å². The first-order valence-corrected chi connectivity index (χ1v) is 8.36. The standard InChI is InChI=1S/C17H29NO2/c1-14-8-7-9-15(13-12-14)18-17(19)20-16-10-5-3-2-4-6-11-16/h2-3,14-16H,4-13H2,1H3,(H,18,19)/b3-2+/t14?,15?,16-/m1/s1. The Morgan fingerprint density at radius 3 is 2.75 bits per heavy atom. The third-order valence-electron chi connectivity index (χ3n) is 4.57. The van der Waals surface area contributed by atoms with E-state index in [2.05, 4.69) is 24.4 Å². The van der Waals surface area contributed by atoms with Crippen LogP contribution < -0.4 is 5.32 Å². The summed E-state index contributed by atoms with van der Waals surface area (Å²) in [4.78, 5) is 12.0. The van der Waals surface area contributed by atoms with Crippen LogP contribution in [0.2, 0.25) is 0 Å². The number of hydrogen-bond donors (Lipinski definition) is 1. The number of amides is 1. The molecule has 0 radical (unpaired) electrons. The molecular formula is C17H29NO2. The molecule has 1 N–H and O–H groups in total. The lowest BCUT2D eigenvalue weighted by Crippen LogP contribution is -2.37. The highest BCUT2D eigenvalue weighted by Crippen LogP contribution is 2.23. The summed E-state index contributed by atoms with van der Waals surface area (Å²) < 4.78 is 5.61. The summed E-state index contributed by atoms with van der Waals surface area (Å²) in [6, 6.07) is 0.320. The average Bonchev–Trinajstić information content (AvgIpc) is 2.58. The third kappa shape index (κ3) is 5.56. The van der Waals surface area contributed by atoms with Gasteiger partial charge in [0.25, 0.3) is 0 Å². The number of nitrogens with one attached hydrogen (secondary N) is 1. The summed E-state index contributed by atoms with van der Waals surface area (Å²) in [5.74, 6) is 0.801. The molecule has 1 saturated carbocycles. The van der Waals surface area contributed by atoms with E-state index >= 15 is 0 Å². The molecule has 0 aromatic carbocycles. The van der Waals surface area contributed by atoms with Crippen molar-refractivity contribution >= 4 is 6.09 Å². The van der Waals surface area contributed by atoms with E-state index in [-0.39, 0.29) is 12.2 Å². The first-order chi connectivity index (χ1) is 9.74. The zero-order valence-corrected chi connectivity index (χ0v) is 12.8. The van der Waals surface area contributed by atoms with Crippen LogP contribution in [0.25, 0.3) is 0 Å². The van der Waals surface area contributed by atoms with E-state index in [0.717, 1.165) is 50.9 Å². The Bertz CT molecular complexity index is 327. The minimum Gasteiger partial charge on any atom is -0.446 e. The second kappa shape index (κ2) is 8.33. The van der Waals surface area contributed by atoms with Crippen molar-refractivity contribution in [2.45, 2.75) is 83.3 Å². The lowest BCUT2D eigenvalue weighted by atomic mass is 10.0. The van der Waals surface area contributed by atoms with Crippen molar-refractivity contribution in [2.24, 2.45) is 5.92 Å². The minimum atomic E-state index is -0.195. The number of allylic oxidation sites excluding steroid dienone is 2. The summed E-state index contributed by atoms with van der Waals surface area (Å²) in [6.45, 7) is 2.31. The normalized spacial score (nSPS) is 33.4. The molecule has 0 spiro atoms. The Morgan fingerprint density at radius 1 is 1.00 bits per heavy atom. The predicted molar refractivity (Wildman–Crippen MR) is 81.7 cm³/mol. The van der Waals surface area contributed by atoms with Crippen LogP contribution in [-0.4, -0.2) is 18.2 Å². The average molecular weight is 279 g/mol. The molecule has 3 nitrogen and oxygen atoms in total. The molecule has 2 rings (SSSR count). The second-order valence-corrected chi connectivity index (χ2v) is 6.46. The summed E-state index contributed by atoms with van der Waals surface area (Å²) in [5.41, 5.74) is 0. The van der Waals surface area contributed by atoms with E-state index in [0.29, 0.717) is 6.04 Å². The van der Waals surface area contributed by atoms with Crippen molar-refractivity contribution < 1.29 is 9.53 Å². The van der Waals surface area contributed by atoms with Gasteiger partial charge in [-0.1, -0.05) is 31.9 Å². The molecule has 1 amide bonds. The van der Waals surface area contributed by atoms with Gasteiger partial charge in [-0.25, -0.2) is 4.79 Å². The molecule has 2 unspecified atom stereocenters. The topological polar surface area (TPSA) is 38.3 Å². The fourth-order valence-corrected chi connectivity index (χ4v) is 3.23. The fourth-order valence-electron chi connectivity index (χ4n) is 3.23. The van der Waals surface area contributed by atoms with Gasteiger partial charge in [0.1, 0.15) is 6.10 Å². The van der Waals surface area contributed by atoms with E-state index in [1.165, 1.54) is 19.3 Å². The lowest BCUT2D eigenvalue weighted by molar-refractivity contribution is 0.0830. The Labute approximate surface area is 123 Å². The van der Waals surface area contributed by atoms with Gasteiger partial charge in [0.15, 0.2) is 0 Å². The van der Waals surface area contributed by atoms with Crippen LogP contribution in [0.3, 0.4) is 0 Å². The van der Waals surface area contributed by atoms with Gasteiger partial charge >= 0.3 is 6.09 Å². The Kier molecular flexibility index (Phi) is 6.41. The Hall–Kier alpha value is -0.990. The van der Waals surface area contributed by atoms with Gasteiger partial charge in [0, 0.05) is 6.04 Å². The number of carbonyl (C=O) groups is 1. The van der Waals surface area contributed by atoms with Crippen molar-refractivity contribution in [3.8, 4) is 0 Å². The van der Waals surface area contributed by atoms with Crippen LogP contribution in [0.5, 0.6) is 0 Å². The first kappa shape index (κ1) is 15.4. The molecular weight excluding hydrogens is 250 g/mol. The zero-order chi connectivity index (χ0) is 14.2. The van der Waals surface area contributed by atoms with Crippen LogP contribution in [0, 0.1) is 5.92 Å². The maximum atomic E-state index is 12.0. The van der Waals surface area contributed by atoms with Crippen LogP contribution in [0.15, 0.2) is 12.2 Å². The highest BCUT2D eigenvalue weighted by Gasteiger charge is 2.20. The van der Waals surface area contributed by atoms with Crippen LogP contribution in [0.4, 0.5) is 4.79 Å². The quantitative estimate of drug-likeness (QED) is 0.594. The number of carbonyl (C=O) groups excluding carboxylic acids is 1. The van der Waals surface area contributed by atoms with Crippen molar-refractivity contribution in [3.05, 3.63) is 12.2 Å². The maximum absolute atomic E-state index is 12.0. The molecule has 0 bridgehead atoms. The van der Waals surface area contributed by atoms with Gasteiger partial charge in [-0.2, -0.15) is 0 Å². The first-order valence-electron chi connectivity index (χ1n) is 8.36. The van der Waals surface area contributed by atoms with E-state index in [1.807, 2.05) is 0 Å². The Balaban J connectivity index is 1.72. The number of rotatable bonds is 2. The lowest BCUT2D eigenvalue weighted by Gasteiger charge is -2.21. The SMILES string of the molecule is CC1CCCC(NC(=O)O[C@@H]2CC/C=C/CCC2)CC1. The molecule has 1 fully saturated rings. The summed E-state index contributed by atoms with van der Waals surface area (Å²) in [7, 11) is 0. The molecule has 0 heterocycles. The zero-order valence-electron chi connectivity index (χ0n) is 12.8. The molecule has 3 heteroatoms. The van der Waals surface area contributed by atoms with Gasteiger partial charge in [0.2, 0.25) is 0 Å². The molecule has 3 atom stereocenters. The molecule has 2 aliphatic rings. The molecule has 0 saturated heterocycles. The minimum absolute atomic E-state index is 0.102. The molecule has 0 aromatic rings. The van der Waals surface area contributed by atoms with Crippen molar-refractivity contribution in [1.29, 1.82) is 0 Å². The predicted octanol–water partition coefficient (Wildman–Crippen LogP) is 4.57. The molecule has 114 valence electrons. The molecule has 0 aliphatic heterocycles. The van der Waals surface area contributed by atoms with Gasteiger partial charge in [-0.3, -0.25) is 0 Å². The van der Waals surface area contributed by atoms with Crippen LogP contribution in [-0.2, 0) is 4.74 Å². The van der Waals surface area contributed by atoms with Gasteiger partial charge in [-0.15, -0.1) is 0 Å². The number of alkyl carbamates (subject to hydrolysis) is 1.